The number of H-pyrrole nitrogens is 1. The number of halogens is 3. The van der Waals surface area contributed by atoms with Crippen LogP contribution in [0.1, 0.15) is 11.4 Å². The van der Waals surface area contributed by atoms with E-state index in [1.165, 1.54) is 12.4 Å². The van der Waals surface area contributed by atoms with Gasteiger partial charge in [0.25, 0.3) is 0 Å². The Bertz CT molecular complexity index is 930. The highest BCUT2D eigenvalue weighted by Crippen LogP contribution is 2.32. The minimum absolute atomic E-state index is 0.0825. The fourth-order valence-electron chi connectivity index (χ4n) is 2.38. The van der Waals surface area contributed by atoms with E-state index in [1.807, 2.05) is 0 Å². The van der Waals surface area contributed by atoms with Gasteiger partial charge in [-0.15, -0.1) is 0 Å². The number of nitrogens with one attached hydrogen (secondary N) is 1. The molecule has 24 heavy (non-hydrogen) atoms. The standard InChI is InChI=1S/C14H13F3N6O/c1-22(2)12-9-4-3-8(14(15,16)17)5-10(9)23(13(24)20-12)6-11-18-7-19-21-11/h3-5,7H,6H2,1-2H3,(H,18,19,21). The van der Waals surface area contributed by atoms with Gasteiger partial charge in [-0.2, -0.15) is 23.3 Å². The van der Waals surface area contributed by atoms with Crippen LogP contribution in [0.3, 0.4) is 0 Å². The summed E-state index contributed by atoms with van der Waals surface area (Å²) in [5.41, 5.74) is -1.39. The third-order valence-corrected chi connectivity index (χ3v) is 3.48. The smallest absolute Gasteiger partial charge is 0.362 e. The van der Waals surface area contributed by atoms with Gasteiger partial charge in [-0.1, -0.05) is 0 Å². The maximum absolute atomic E-state index is 13.0. The lowest BCUT2D eigenvalue weighted by atomic mass is 10.1. The van der Waals surface area contributed by atoms with Crippen LogP contribution in [0.5, 0.6) is 0 Å². The molecule has 1 N–H and O–H groups in total. The Hall–Kier alpha value is -2.91. The maximum atomic E-state index is 13.0. The molecule has 0 atom stereocenters. The Kier molecular flexibility index (Phi) is 3.74. The summed E-state index contributed by atoms with van der Waals surface area (Å²) in [5, 5.41) is 6.76. The Labute approximate surface area is 133 Å². The van der Waals surface area contributed by atoms with Gasteiger partial charge < -0.3 is 4.90 Å². The number of hydrogen-bond donors (Lipinski definition) is 1. The lowest BCUT2D eigenvalue weighted by Gasteiger charge is -2.17. The maximum Gasteiger partial charge on any atom is 0.416 e. The van der Waals surface area contributed by atoms with Gasteiger partial charge in [0, 0.05) is 19.5 Å². The molecule has 0 amide bonds. The largest absolute Gasteiger partial charge is 0.416 e. The highest BCUT2D eigenvalue weighted by atomic mass is 19.4. The van der Waals surface area contributed by atoms with Crippen molar-refractivity contribution in [1.29, 1.82) is 0 Å². The molecule has 7 nitrogen and oxygen atoms in total. The zero-order valence-electron chi connectivity index (χ0n) is 12.8. The molecular formula is C14H13F3N6O. The van der Waals surface area contributed by atoms with Crippen molar-refractivity contribution < 1.29 is 13.2 Å². The Morgan fingerprint density at radius 2 is 2.04 bits per heavy atom. The molecular weight excluding hydrogens is 325 g/mol. The molecule has 0 aliphatic heterocycles. The lowest BCUT2D eigenvalue weighted by Crippen LogP contribution is -2.27. The molecule has 0 bridgehead atoms. The Morgan fingerprint density at radius 1 is 1.29 bits per heavy atom. The molecule has 2 heterocycles. The van der Waals surface area contributed by atoms with Crippen molar-refractivity contribution in [3.63, 3.8) is 0 Å². The quantitative estimate of drug-likeness (QED) is 0.785. The highest BCUT2D eigenvalue weighted by Gasteiger charge is 2.31. The second kappa shape index (κ2) is 5.62. The molecule has 0 fully saturated rings. The predicted molar refractivity (Wildman–Crippen MR) is 80.8 cm³/mol. The van der Waals surface area contributed by atoms with Crippen molar-refractivity contribution in [1.82, 2.24) is 24.7 Å². The summed E-state index contributed by atoms with van der Waals surface area (Å²) in [6, 6.07) is 3.23. The van der Waals surface area contributed by atoms with Gasteiger partial charge >= 0.3 is 11.9 Å². The number of aromatic nitrogens is 5. The predicted octanol–water partition coefficient (Wildman–Crippen LogP) is 1.65. The molecule has 3 rings (SSSR count). The first-order valence-corrected chi connectivity index (χ1v) is 6.91. The number of anilines is 1. The van der Waals surface area contributed by atoms with Crippen LogP contribution in [0.15, 0.2) is 29.3 Å². The Balaban J connectivity index is 2.30. The van der Waals surface area contributed by atoms with Crippen LogP contribution in [0.4, 0.5) is 19.0 Å². The van der Waals surface area contributed by atoms with Crippen molar-refractivity contribution in [2.75, 3.05) is 19.0 Å². The van der Waals surface area contributed by atoms with Gasteiger partial charge in [-0.25, -0.2) is 9.78 Å². The molecule has 3 aromatic rings. The van der Waals surface area contributed by atoms with Crippen LogP contribution < -0.4 is 10.6 Å². The number of benzene rings is 1. The van der Waals surface area contributed by atoms with Gasteiger partial charge in [0.2, 0.25) is 0 Å². The second-order valence-electron chi connectivity index (χ2n) is 5.34. The zero-order valence-corrected chi connectivity index (χ0v) is 12.8. The fourth-order valence-corrected chi connectivity index (χ4v) is 2.38. The van der Waals surface area contributed by atoms with Gasteiger partial charge in [0.1, 0.15) is 12.1 Å². The summed E-state index contributed by atoms with van der Waals surface area (Å²) < 4.78 is 40.2. The summed E-state index contributed by atoms with van der Waals surface area (Å²) in [6.07, 6.45) is -3.19. The van der Waals surface area contributed by atoms with Crippen molar-refractivity contribution in [3.8, 4) is 0 Å². The number of rotatable bonds is 3. The summed E-state index contributed by atoms with van der Waals surface area (Å²) in [7, 11) is 3.33. The summed E-state index contributed by atoms with van der Waals surface area (Å²) in [5.74, 6) is 0.574. The minimum atomic E-state index is -4.51. The average Bonchev–Trinajstić information content (AvgIpc) is 3.01. The van der Waals surface area contributed by atoms with Crippen LogP contribution >= 0.6 is 0 Å². The topological polar surface area (TPSA) is 79.7 Å². The van der Waals surface area contributed by atoms with Gasteiger partial charge in [0.15, 0.2) is 5.82 Å². The summed E-state index contributed by atoms with van der Waals surface area (Å²) >= 11 is 0. The molecule has 0 aliphatic carbocycles. The second-order valence-corrected chi connectivity index (χ2v) is 5.34. The molecule has 0 saturated carbocycles. The molecule has 126 valence electrons. The van der Waals surface area contributed by atoms with Crippen LogP contribution in [0.25, 0.3) is 10.9 Å². The third kappa shape index (κ3) is 2.82. The van der Waals surface area contributed by atoms with Crippen LogP contribution in [-0.2, 0) is 12.7 Å². The Morgan fingerprint density at radius 3 is 2.62 bits per heavy atom. The lowest BCUT2D eigenvalue weighted by molar-refractivity contribution is -0.137. The van der Waals surface area contributed by atoms with Crippen LogP contribution in [-0.4, -0.2) is 38.8 Å². The molecule has 0 radical (unpaired) electrons. The van der Waals surface area contributed by atoms with Crippen molar-refractivity contribution >= 4 is 16.7 Å². The van der Waals surface area contributed by atoms with Crippen molar-refractivity contribution in [3.05, 3.63) is 46.4 Å². The molecule has 10 heteroatoms. The van der Waals surface area contributed by atoms with E-state index in [0.29, 0.717) is 11.2 Å². The van der Waals surface area contributed by atoms with E-state index in [1.54, 1.807) is 19.0 Å². The molecule has 1 aromatic carbocycles. The van der Waals surface area contributed by atoms with E-state index in [4.69, 9.17) is 0 Å². The van der Waals surface area contributed by atoms with Gasteiger partial charge in [-0.3, -0.25) is 9.67 Å². The van der Waals surface area contributed by atoms with E-state index in [-0.39, 0.29) is 17.9 Å². The van der Waals surface area contributed by atoms with E-state index in [2.05, 4.69) is 20.2 Å². The first-order valence-electron chi connectivity index (χ1n) is 6.91. The van der Waals surface area contributed by atoms with Crippen molar-refractivity contribution in [2.24, 2.45) is 0 Å². The number of fused-ring (bicyclic) bond motifs is 1. The normalized spacial score (nSPS) is 11.9. The summed E-state index contributed by atoms with van der Waals surface area (Å²) in [4.78, 5) is 21.8. The molecule has 0 spiro atoms. The highest BCUT2D eigenvalue weighted by molar-refractivity contribution is 5.90. The van der Waals surface area contributed by atoms with E-state index >= 15 is 0 Å². The van der Waals surface area contributed by atoms with Gasteiger partial charge in [-0.05, 0) is 18.2 Å². The number of aromatic amines is 1. The SMILES string of the molecule is CN(C)c1nc(=O)n(Cc2nc[nH]n2)c2cc(C(F)(F)F)ccc12. The van der Waals surface area contributed by atoms with Crippen LogP contribution in [0, 0.1) is 0 Å². The third-order valence-electron chi connectivity index (χ3n) is 3.48. The molecule has 2 aromatic heterocycles. The number of hydrogen-bond acceptors (Lipinski definition) is 5. The molecule has 0 aliphatic rings. The molecule has 0 saturated heterocycles. The van der Waals surface area contributed by atoms with Crippen LogP contribution in [0.2, 0.25) is 0 Å². The zero-order chi connectivity index (χ0) is 17.5. The van der Waals surface area contributed by atoms with E-state index in [9.17, 15) is 18.0 Å². The minimum Gasteiger partial charge on any atom is -0.362 e. The van der Waals surface area contributed by atoms with E-state index in [0.717, 1.165) is 16.7 Å². The molecule has 0 unspecified atom stereocenters. The van der Waals surface area contributed by atoms with E-state index < -0.39 is 17.4 Å². The van der Waals surface area contributed by atoms with Gasteiger partial charge in [0.05, 0.1) is 17.6 Å². The average molecular weight is 338 g/mol. The number of nitrogens with zero attached hydrogens (tertiary/aromatic N) is 5. The first kappa shape index (κ1) is 16.0. The number of alkyl halides is 3. The summed E-state index contributed by atoms with van der Waals surface area (Å²) in [6.45, 7) is -0.0825. The van der Waals surface area contributed by atoms with Crippen molar-refractivity contribution in [2.45, 2.75) is 12.7 Å². The fraction of sp³-hybridized carbons (Fsp3) is 0.286. The first-order chi connectivity index (χ1) is 11.3. The monoisotopic (exact) mass is 338 g/mol.